The average Bonchev–Trinajstić information content (AvgIpc) is 2.72. The molecule has 1 N–H and O–H groups in total. The SMILES string of the molecule is COc1cc(C(=O)N2CCNCC2c2cccc(F)c2)cc(OC)c1OC.Cl. The number of ether oxygens (including phenoxy) is 3. The summed E-state index contributed by atoms with van der Waals surface area (Å²) in [6, 6.07) is 9.35. The zero-order valence-electron chi connectivity index (χ0n) is 16.0. The van der Waals surface area contributed by atoms with E-state index in [1.807, 2.05) is 6.07 Å². The van der Waals surface area contributed by atoms with E-state index in [-0.39, 0.29) is 30.2 Å². The highest BCUT2D eigenvalue weighted by Gasteiger charge is 2.30. The number of hydrogen-bond acceptors (Lipinski definition) is 5. The van der Waals surface area contributed by atoms with Crippen LogP contribution in [0.25, 0.3) is 0 Å². The normalized spacial score (nSPS) is 16.1. The number of nitrogens with one attached hydrogen (secondary N) is 1. The molecule has 2 aromatic carbocycles. The third kappa shape index (κ3) is 4.31. The average molecular weight is 411 g/mol. The summed E-state index contributed by atoms with van der Waals surface area (Å²) >= 11 is 0. The highest BCUT2D eigenvalue weighted by atomic mass is 35.5. The first-order valence-electron chi connectivity index (χ1n) is 8.66. The molecule has 1 saturated heterocycles. The van der Waals surface area contributed by atoms with Gasteiger partial charge in [0.25, 0.3) is 5.91 Å². The largest absolute Gasteiger partial charge is 0.493 e. The summed E-state index contributed by atoms with van der Waals surface area (Å²) in [5.74, 6) is 0.761. The lowest BCUT2D eigenvalue weighted by molar-refractivity contribution is 0.0633. The van der Waals surface area contributed by atoms with Crippen molar-refractivity contribution in [1.82, 2.24) is 10.2 Å². The van der Waals surface area contributed by atoms with Gasteiger partial charge in [-0.25, -0.2) is 4.39 Å². The first kappa shape index (κ1) is 21.8. The zero-order chi connectivity index (χ0) is 19.4. The summed E-state index contributed by atoms with van der Waals surface area (Å²) in [4.78, 5) is 15.0. The summed E-state index contributed by atoms with van der Waals surface area (Å²) in [5, 5.41) is 3.27. The Morgan fingerprint density at radius 1 is 1.11 bits per heavy atom. The van der Waals surface area contributed by atoms with Crippen LogP contribution in [0.15, 0.2) is 36.4 Å². The molecule has 0 radical (unpaired) electrons. The minimum Gasteiger partial charge on any atom is -0.493 e. The second-order valence-corrected chi connectivity index (χ2v) is 6.19. The standard InChI is InChI=1S/C20H23FN2O4.ClH/c1-25-17-10-14(11-18(26-2)19(17)27-3)20(24)23-8-7-22-12-16(23)13-5-4-6-15(21)9-13;/h4-6,9-11,16,22H,7-8,12H2,1-3H3;1H. The smallest absolute Gasteiger partial charge is 0.254 e. The van der Waals surface area contributed by atoms with E-state index in [0.717, 1.165) is 5.56 Å². The Bertz CT molecular complexity index is 809. The van der Waals surface area contributed by atoms with Crippen LogP contribution in [0.5, 0.6) is 17.2 Å². The Kier molecular flexibility index (Phi) is 7.48. The van der Waals surface area contributed by atoms with Crippen molar-refractivity contribution in [2.45, 2.75) is 6.04 Å². The maximum Gasteiger partial charge on any atom is 0.254 e. The van der Waals surface area contributed by atoms with Crippen LogP contribution in [0.3, 0.4) is 0 Å². The summed E-state index contributed by atoms with van der Waals surface area (Å²) < 4.78 is 29.7. The van der Waals surface area contributed by atoms with E-state index in [1.165, 1.54) is 33.5 Å². The van der Waals surface area contributed by atoms with Crippen molar-refractivity contribution in [2.75, 3.05) is 41.0 Å². The number of halogens is 2. The Balaban J connectivity index is 0.00000280. The number of rotatable bonds is 5. The van der Waals surface area contributed by atoms with Gasteiger partial charge >= 0.3 is 0 Å². The van der Waals surface area contributed by atoms with Crippen molar-refractivity contribution in [3.63, 3.8) is 0 Å². The van der Waals surface area contributed by atoms with E-state index in [2.05, 4.69) is 5.32 Å². The Morgan fingerprint density at radius 2 is 1.79 bits per heavy atom. The zero-order valence-corrected chi connectivity index (χ0v) is 16.8. The molecule has 1 unspecified atom stereocenters. The Hall–Kier alpha value is -2.51. The summed E-state index contributed by atoms with van der Waals surface area (Å²) in [6.07, 6.45) is 0. The summed E-state index contributed by atoms with van der Waals surface area (Å²) in [7, 11) is 4.52. The fraction of sp³-hybridized carbons (Fsp3) is 0.350. The second-order valence-electron chi connectivity index (χ2n) is 6.19. The molecule has 3 rings (SSSR count). The van der Waals surface area contributed by atoms with Crippen molar-refractivity contribution in [2.24, 2.45) is 0 Å². The predicted molar refractivity (Wildman–Crippen MR) is 106 cm³/mol. The molecular formula is C20H24ClFN2O4. The first-order chi connectivity index (χ1) is 13.1. The molecular weight excluding hydrogens is 387 g/mol. The van der Waals surface area contributed by atoms with E-state index in [0.29, 0.717) is 42.4 Å². The van der Waals surface area contributed by atoms with Gasteiger partial charge in [-0.05, 0) is 29.8 Å². The molecule has 152 valence electrons. The van der Waals surface area contributed by atoms with E-state index in [1.54, 1.807) is 23.1 Å². The number of carbonyl (C=O) groups excluding carboxylic acids is 1. The van der Waals surface area contributed by atoms with Gasteiger partial charge < -0.3 is 24.4 Å². The van der Waals surface area contributed by atoms with E-state index in [4.69, 9.17) is 14.2 Å². The molecule has 1 atom stereocenters. The van der Waals surface area contributed by atoms with Gasteiger partial charge in [-0.15, -0.1) is 12.4 Å². The fourth-order valence-electron chi connectivity index (χ4n) is 3.33. The van der Waals surface area contributed by atoms with Gasteiger partial charge in [0.15, 0.2) is 11.5 Å². The van der Waals surface area contributed by atoms with Gasteiger partial charge in [0.2, 0.25) is 5.75 Å². The number of piperazine rings is 1. The van der Waals surface area contributed by atoms with Crippen LogP contribution in [0.2, 0.25) is 0 Å². The van der Waals surface area contributed by atoms with Crippen LogP contribution in [0, 0.1) is 5.82 Å². The van der Waals surface area contributed by atoms with E-state index < -0.39 is 0 Å². The molecule has 1 aliphatic rings. The van der Waals surface area contributed by atoms with Crippen LogP contribution < -0.4 is 19.5 Å². The number of methoxy groups -OCH3 is 3. The van der Waals surface area contributed by atoms with E-state index >= 15 is 0 Å². The minimum atomic E-state index is -0.321. The second kappa shape index (κ2) is 9.61. The van der Waals surface area contributed by atoms with E-state index in [9.17, 15) is 9.18 Å². The van der Waals surface area contributed by atoms with Crippen LogP contribution in [-0.2, 0) is 0 Å². The lowest BCUT2D eigenvalue weighted by atomic mass is 10.0. The molecule has 0 bridgehead atoms. The van der Waals surface area contributed by atoms with Crippen LogP contribution in [0.1, 0.15) is 22.0 Å². The van der Waals surface area contributed by atoms with Crippen molar-refractivity contribution in [3.8, 4) is 17.2 Å². The first-order valence-corrected chi connectivity index (χ1v) is 8.66. The third-order valence-electron chi connectivity index (χ3n) is 4.65. The van der Waals surface area contributed by atoms with Crippen LogP contribution >= 0.6 is 12.4 Å². The van der Waals surface area contributed by atoms with Gasteiger partial charge in [0, 0.05) is 25.2 Å². The van der Waals surface area contributed by atoms with Gasteiger partial charge in [0.05, 0.1) is 27.4 Å². The molecule has 6 nitrogen and oxygen atoms in total. The maximum absolute atomic E-state index is 13.7. The lowest BCUT2D eigenvalue weighted by Crippen LogP contribution is -2.48. The molecule has 0 aromatic heterocycles. The highest BCUT2D eigenvalue weighted by Crippen LogP contribution is 2.39. The third-order valence-corrected chi connectivity index (χ3v) is 4.65. The van der Waals surface area contributed by atoms with Crippen molar-refractivity contribution >= 4 is 18.3 Å². The maximum atomic E-state index is 13.7. The predicted octanol–water partition coefficient (Wildman–Crippen LogP) is 3.06. The quantitative estimate of drug-likeness (QED) is 0.821. The van der Waals surface area contributed by atoms with Gasteiger partial charge in [-0.1, -0.05) is 12.1 Å². The molecule has 0 aliphatic carbocycles. The summed E-state index contributed by atoms with van der Waals surface area (Å²) in [6.45, 7) is 1.73. The topological polar surface area (TPSA) is 60.0 Å². The molecule has 1 amide bonds. The molecule has 1 aliphatic heterocycles. The van der Waals surface area contributed by atoms with Crippen molar-refractivity contribution < 1.29 is 23.4 Å². The summed E-state index contributed by atoms with van der Waals surface area (Å²) in [5.41, 5.74) is 1.18. The van der Waals surface area contributed by atoms with Crippen LogP contribution in [0.4, 0.5) is 4.39 Å². The highest BCUT2D eigenvalue weighted by molar-refractivity contribution is 5.96. The van der Waals surface area contributed by atoms with Crippen molar-refractivity contribution in [1.29, 1.82) is 0 Å². The number of amides is 1. The minimum absolute atomic E-state index is 0. The number of benzene rings is 2. The Labute approximate surface area is 170 Å². The van der Waals surface area contributed by atoms with Gasteiger partial charge in [0.1, 0.15) is 5.82 Å². The Morgan fingerprint density at radius 3 is 2.36 bits per heavy atom. The molecule has 2 aromatic rings. The van der Waals surface area contributed by atoms with Crippen molar-refractivity contribution in [3.05, 3.63) is 53.3 Å². The number of hydrogen-bond donors (Lipinski definition) is 1. The molecule has 0 spiro atoms. The molecule has 1 heterocycles. The monoisotopic (exact) mass is 410 g/mol. The number of nitrogens with zero attached hydrogens (tertiary/aromatic N) is 1. The van der Waals surface area contributed by atoms with Crippen LogP contribution in [-0.4, -0.2) is 51.8 Å². The molecule has 1 fully saturated rings. The molecule has 28 heavy (non-hydrogen) atoms. The lowest BCUT2D eigenvalue weighted by Gasteiger charge is -2.36. The fourth-order valence-corrected chi connectivity index (χ4v) is 3.33. The number of carbonyl (C=O) groups is 1. The van der Waals surface area contributed by atoms with Gasteiger partial charge in [-0.2, -0.15) is 0 Å². The van der Waals surface area contributed by atoms with Gasteiger partial charge in [-0.3, -0.25) is 4.79 Å². The molecule has 8 heteroatoms. The molecule has 0 saturated carbocycles.